The fraction of sp³-hybridized carbons (Fsp3) is 0.647. The first-order valence-corrected chi connectivity index (χ1v) is 8.15. The van der Waals surface area contributed by atoms with Gasteiger partial charge in [-0.25, -0.2) is 4.98 Å². The van der Waals surface area contributed by atoms with Crippen molar-refractivity contribution >= 4 is 5.82 Å². The molecule has 0 bridgehead atoms. The molecule has 3 rings (SSSR count). The number of hydrogen-bond acceptors (Lipinski definition) is 4. The highest BCUT2D eigenvalue weighted by atomic mass is 16.3. The molecule has 0 radical (unpaired) electrons. The third-order valence-corrected chi connectivity index (χ3v) is 4.72. The Bertz CT molecular complexity index is 550. The lowest BCUT2D eigenvalue weighted by molar-refractivity contribution is 0.144. The molecule has 0 aromatic carbocycles. The van der Waals surface area contributed by atoms with Crippen LogP contribution in [0.3, 0.4) is 0 Å². The van der Waals surface area contributed by atoms with Gasteiger partial charge in [0, 0.05) is 5.69 Å². The number of aliphatic hydroxyl groups excluding tert-OH is 1. The van der Waals surface area contributed by atoms with Gasteiger partial charge in [0.15, 0.2) is 0 Å². The Hall–Kier alpha value is -1.60. The predicted molar refractivity (Wildman–Crippen MR) is 82.1 cm³/mol. The molecular weight excluding hydrogens is 262 g/mol. The number of nitrogens with zero attached hydrogens (tertiary/aromatic N) is 2. The van der Waals surface area contributed by atoms with Gasteiger partial charge in [-0.3, -0.25) is 0 Å². The molecule has 0 amide bonds. The Morgan fingerprint density at radius 1 is 1.14 bits per heavy atom. The minimum absolute atomic E-state index is 0.0220. The predicted octanol–water partition coefficient (Wildman–Crippen LogP) is 2.94. The molecule has 21 heavy (non-hydrogen) atoms. The van der Waals surface area contributed by atoms with Crippen LogP contribution >= 0.6 is 0 Å². The summed E-state index contributed by atoms with van der Waals surface area (Å²) in [5.74, 6) is 0.670. The van der Waals surface area contributed by atoms with Crippen LogP contribution in [0.1, 0.15) is 61.8 Å². The quantitative estimate of drug-likeness (QED) is 0.820. The molecule has 4 nitrogen and oxygen atoms in total. The van der Waals surface area contributed by atoms with E-state index in [2.05, 4.69) is 11.4 Å². The highest BCUT2D eigenvalue weighted by molar-refractivity contribution is 5.55. The number of pyridine rings is 1. The Morgan fingerprint density at radius 3 is 2.81 bits per heavy atom. The van der Waals surface area contributed by atoms with E-state index in [0.717, 1.165) is 44.2 Å². The van der Waals surface area contributed by atoms with Crippen molar-refractivity contribution in [2.75, 3.05) is 5.32 Å². The lowest BCUT2D eigenvalue weighted by atomic mass is 9.94. The minimum atomic E-state index is -0.336. The van der Waals surface area contributed by atoms with E-state index in [1.807, 2.05) is 6.07 Å². The van der Waals surface area contributed by atoms with Crippen molar-refractivity contribution in [1.82, 2.24) is 4.98 Å². The monoisotopic (exact) mass is 285 g/mol. The van der Waals surface area contributed by atoms with Gasteiger partial charge in [-0.15, -0.1) is 0 Å². The van der Waals surface area contributed by atoms with Crippen LogP contribution in [0.4, 0.5) is 5.82 Å². The topological polar surface area (TPSA) is 68.9 Å². The van der Waals surface area contributed by atoms with Crippen molar-refractivity contribution in [2.24, 2.45) is 0 Å². The number of aromatic nitrogens is 1. The van der Waals surface area contributed by atoms with Gasteiger partial charge in [0.05, 0.1) is 17.7 Å². The smallest absolute Gasteiger partial charge is 0.144 e. The molecule has 2 unspecified atom stereocenters. The maximum Gasteiger partial charge on any atom is 0.144 e. The molecule has 112 valence electrons. The van der Waals surface area contributed by atoms with Crippen molar-refractivity contribution < 1.29 is 5.11 Å². The first kappa shape index (κ1) is 14.3. The van der Waals surface area contributed by atoms with Gasteiger partial charge in [-0.05, 0) is 50.2 Å². The maximum absolute atomic E-state index is 10.2. The van der Waals surface area contributed by atoms with Crippen molar-refractivity contribution in [3.05, 3.63) is 22.9 Å². The van der Waals surface area contributed by atoms with Gasteiger partial charge in [0.25, 0.3) is 0 Å². The van der Waals surface area contributed by atoms with E-state index >= 15 is 0 Å². The van der Waals surface area contributed by atoms with Gasteiger partial charge >= 0.3 is 0 Å². The summed E-state index contributed by atoms with van der Waals surface area (Å²) in [4.78, 5) is 4.70. The highest BCUT2D eigenvalue weighted by Gasteiger charge is 2.23. The van der Waals surface area contributed by atoms with Crippen LogP contribution in [-0.2, 0) is 12.8 Å². The van der Waals surface area contributed by atoms with Gasteiger partial charge in [-0.1, -0.05) is 19.3 Å². The van der Waals surface area contributed by atoms with Gasteiger partial charge < -0.3 is 10.4 Å². The minimum Gasteiger partial charge on any atom is -0.391 e. The molecule has 4 heteroatoms. The largest absolute Gasteiger partial charge is 0.391 e. The second kappa shape index (κ2) is 6.44. The summed E-state index contributed by atoms with van der Waals surface area (Å²) in [6.45, 7) is 0. The normalized spacial score (nSPS) is 25.5. The van der Waals surface area contributed by atoms with Gasteiger partial charge in [-0.2, -0.15) is 5.26 Å². The molecule has 2 atom stereocenters. The number of aliphatic hydroxyl groups is 1. The molecule has 1 aromatic rings. The molecule has 0 aliphatic heterocycles. The number of aryl methyl sites for hydroxylation is 2. The van der Waals surface area contributed by atoms with Crippen LogP contribution in [0, 0.1) is 11.3 Å². The summed E-state index contributed by atoms with van der Waals surface area (Å²) in [5.41, 5.74) is 2.97. The highest BCUT2D eigenvalue weighted by Crippen LogP contribution is 2.27. The summed E-state index contributed by atoms with van der Waals surface area (Å²) in [6, 6.07) is 4.27. The zero-order chi connectivity index (χ0) is 14.7. The Balaban J connectivity index is 1.85. The number of rotatable bonds is 2. The summed E-state index contributed by atoms with van der Waals surface area (Å²) in [5, 5.41) is 23.0. The molecular formula is C17H23N3O. The van der Waals surface area contributed by atoms with Gasteiger partial charge in [0.1, 0.15) is 11.9 Å². The van der Waals surface area contributed by atoms with Crippen LogP contribution in [0.25, 0.3) is 0 Å². The lowest BCUT2D eigenvalue weighted by Gasteiger charge is -2.24. The fourth-order valence-electron chi connectivity index (χ4n) is 3.46. The summed E-state index contributed by atoms with van der Waals surface area (Å²) >= 11 is 0. The van der Waals surface area contributed by atoms with Crippen LogP contribution < -0.4 is 5.32 Å². The van der Waals surface area contributed by atoms with Crippen molar-refractivity contribution in [1.29, 1.82) is 5.26 Å². The molecule has 2 aliphatic rings. The van der Waals surface area contributed by atoms with Crippen LogP contribution in [0.15, 0.2) is 6.07 Å². The van der Waals surface area contributed by atoms with Crippen LogP contribution in [0.5, 0.6) is 0 Å². The van der Waals surface area contributed by atoms with Crippen LogP contribution in [0.2, 0.25) is 0 Å². The molecule has 0 spiro atoms. The SMILES string of the molecule is N#Cc1cc2c(nc1NC1CCCCCC1O)CCCC2. The molecule has 1 aromatic heterocycles. The number of nitrogens with one attached hydrogen (secondary N) is 1. The Morgan fingerprint density at radius 2 is 1.95 bits per heavy atom. The molecule has 1 saturated carbocycles. The third kappa shape index (κ3) is 3.19. The number of anilines is 1. The number of hydrogen-bond donors (Lipinski definition) is 2. The average molecular weight is 285 g/mol. The van der Waals surface area contributed by atoms with E-state index in [1.165, 1.54) is 24.8 Å². The Labute approximate surface area is 126 Å². The third-order valence-electron chi connectivity index (χ3n) is 4.72. The number of fused-ring (bicyclic) bond motifs is 1. The van der Waals surface area contributed by atoms with E-state index in [9.17, 15) is 10.4 Å². The summed E-state index contributed by atoms with van der Waals surface area (Å²) in [7, 11) is 0. The van der Waals surface area contributed by atoms with Crippen LogP contribution in [-0.4, -0.2) is 22.2 Å². The van der Waals surface area contributed by atoms with E-state index < -0.39 is 0 Å². The first-order valence-electron chi connectivity index (χ1n) is 8.15. The lowest BCUT2D eigenvalue weighted by Crippen LogP contribution is -2.33. The average Bonchev–Trinajstić information content (AvgIpc) is 2.71. The molecule has 2 N–H and O–H groups in total. The summed E-state index contributed by atoms with van der Waals surface area (Å²) in [6.07, 6.45) is 9.24. The van der Waals surface area contributed by atoms with E-state index in [1.54, 1.807) is 0 Å². The zero-order valence-electron chi connectivity index (χ0n) is 12.4. The zero-order valence-corrected chi connectivity index (χ0v) is 12.4. The Kier molecular flexibility index (Phi) is 4.40. The first-order chi connectivity index (χ1) is 10.3. The van der Waals surface area contributed by atoms with Crippen molar-refractivity contribution in [3.8, 4) is 6.07 Å². The number of nitriles is 1. The molecule has 1 fully saturated rings. The summed E-state index contributed by atoms with van der Waals surface area (Å²) < 4.78 is 0. The molecule has 1 heterocycles. The van der Waals surface area contributed by atoms with Crippen molar-refractivity contribution in [3.63, 3.8) is 0 Å². The van der Waals surface area contributed by atoms with E-state index in [4.69, 9.17) is 4.98 Å². The van der Waals surface area contributed by atoms with E-state index in [-0.39, 0.29) is 12.1 Å². The molecule has 0 saturated heterocycles. The van der Waals surface area contributed by atoms with E-state index in [0.29, 0.717) is 11.4 Å². The maximum atomic E-state index is 10.2. The van der Waals surface area contributed by atoms with Gasteiger partial charge in [0.2, 0.25) is 0 Å². The molecule has 2 aliphatic carbocycles. The second-order valence-corrected chi connectivity index (χ2v) is 6.27. The second-order valence-electron chi connectivity index (χ2n) is 6.27. The standard InChI is InChI=1S/C17H23N3O/c18-11-13-10-12-6-4-5-7-14(12)19-17(13)20-15-8-2-1-3-9-16(15)21/h10,15-16,21H,1-9H2,(H,19,20). The fourth-order valence-corrected chi connectivity index (χ4v) is 3.46. The van der Waals surface area contributed by atoms with Crippen molar-refractivity contribution in [2.45, 2.75) is 69.9 Å².